The number of anilines is 1. The molecule has 0 atom stereocenters. The van der Waals surface area contributed by atoms with Gasteiger partial charge in [-0.15, -0.1) is 0 Å². The van der Waals surface area contributed by atoms with Crippen molar-refractivity contribution >= 4 is 17.5 Å². The molecule has 1 aromatic carbocycles. The van der Waals surface area contributed by atoms with Crippen molar-refractivity contribution in [3.63, 3.8) is 0 Å². The minimum Gasteiger partial charge on any atom is -0.356 e. The SMILES string of the molecule is CC(=O)N(CCC(=O)NCCC1=CCCCC1)c1c(C)cccc1C(C)C. The molecule has 0 saturated carbocycles. The molecule has 4 nitrogen and oxygen atoms in total. The Balaban J connectivity index is 1.94. The third-order valence-electron chi connectivity index (χ3n) is 5.26. The molecule has 1 aliphatic carbocycles. The topological polar surface area (TPSA) is 49.4 Å². The summed E-state index contributed by atoms with van der Waals surface area (Å²) in [5, 5.41) is 3.01. The van der Waals surface area contributed by atoms with Crippen molar-refractivity contribution in [2.24, 2.45) is 0 Å². The fourth-order valence-corrected chi connectivity index (χ4v) is 3.74. The molecule has 0 bridgehead atoms. The normalized spacial score (nSPS) is 14.0. The molecular formula is C23H34N2O2. The first-order valence-electron chi connectivity index (χ1n) is 10.2. The predicted molar refractivity (Wildman–Crippen MR) is 112 cm³/mol. The van der Waals surface area contributed by atoms with Crippen LogP contribution in [0, 0.1) is 6.92 Å². The molecule has 0 spiro atoms. The average Bonchev–Trinajstić information content (AvgIpc) is 2.63. The molecule has 0 aliphatic heterocycles. The molecule has 4 heteroatoms. The van der Waals surface area contributed by atoms with Crippen molar-refractivity contribution in [2.45, 2.75) is 72.1 Å². The Morgan fingerprint density at radius 2 is 2.00 bits per heavy atom. The molecule has 1 aromatic rings. The number of aryl methyl sites for hydroxylation is 1. The van der Waals surface area contributed by atoms with E-state index in [9.17, 15) is 9.59 Å². The van der Waals surface area contributed by atoms with Gasteiger partial charge in [0.2, 0.25) is 11.8 Å². The van der Waals surface area contributed by atoms with E-state index < -0.39 is 0 Å². The molecule has 148 valence electrons. The van der Waals surface area contributed by atoms with Gasteiger partial charge in [-0.3, -0.25) is 9.59 Å². The summed E-state index contributed by atoms with van der Waals surface area (Å²) in [6.45, 7) is 8.95. The predicted octanol–water partition coefficient (Wildman–Crippen LogP) is 4.87. The standard InChI is InChI=1S/C23H34N2O2/c1-17(2)21-12-8-9-18(3)23(21)25(19(4)26)16-14-22(27)24-15-13-20-10-6-5-7-11-20/h8-10,12,17H,5-7,11,13-16H2,1-4H3,(H,24,27). The van der Waals surface area contributed by atoms with E-state index in [1.54, 1.807) is 11.8 Å². The van der Waals surface area contributed by atoms with Crippen molar-refractivity contribution in [3.05, 3.63) is 41.0 Å². The summed E-state index contributed by atoms with van der Waals surface area (Å²) >= 11 is 0. The van der Waals surface area contributed by atoms with Gasteiger partial charge in [0.1, 0.15) is 0 Å². The number of rotatable bonds is 8. The van der Waals surface area contributed by atoms with Gasteiger partial charge in [-0.2, -0.15) is 0 Å². The van der Waals surface area contributed by atoms with Gasteiger partial charge in [-0.1, -0.05) is 43.7 Å². The highest BCUT2D eigenvalue weighted by molar-refractivity contribution is 5.94. The second kappa shape index (κ2) is 10.3. The lowest BCUT2D eigenvalue weighted by Gasteiger charge is -2.27. The zero-order valence-corrected chi connectivity index (χ0v) is 17.3. The number of nitrogens with zero attached hydrogens (tertiary/aromatic N) is 1. The van der Waals surface area contributed by atoms with Crippen molar-refractivity contribution in [1.29, 1.82) is 0 Å². The van der Waals surface area contributed by atoms with Gasteiger partial charge in [-0.05, 0) is 56.1 Å². The maximum absolute atomic E-state index is 12.3. The summed E-state index contributed by atoms with van der Waals surface area (Å²) in [4.78, 5) is 26.3. The molecule has 0 unspecified atom stereocenters. The van der Waals surface area contributed by atoms with E-state index in [1.807, 2.05) is 19.1 Å². The van der Waals surface area contributed by atoms with Crippen LogP contribution in [-0.2, 0) is 9.59 Å². The molecular weight excluding hydrogens is 336 g/mol. The Bertz CT molecular complexity index is 692. The number of hydrogen-bond acceptors (Lipinski definition) is 2. The Hall–Kier alpha value is -2.10. The number of allylic oxidation sites excluding steroid dienone is 1. The number of carbonyl (C=O) groups excluding carboxylic acids is 2. The highest BCUT2D eigenvalue weighted by Crippen LogP contribution is 2.31. The van der Waals surface area contributed by atoms with Gasteiger partial charge in [0.05, 0.1) is 0 Å². The molecule has 0 aromatic heterocycles. The van der Waals surface area contributed by atoms with Crippen molar-refractivity contribution < 1.29 is 9.59 Å². The van der Waals surface area contributed by atoms with E-state index >= 15 is 0 Å². The maximum Gasteiger partial charge on any atom is 0.223 e. The summed E-state index contributed by atoms with van der Waals surface area (Å²) in [6.07, 6.45) is 8.47. The highest BCUT2D eigenvalue weighted by Gasteiger charge is 2.20. The van der Waals surface area contributed by atoms with Crippen LogP contribution in [0.3, 0.4) is 0 Å². The van der Waals surface area contributed by atoms with Gasteiger partial charge in [0.15, 0.2) is 0 Å². The number of benzene rings is 1. The number of carbonyl (C=O) groups is 2. The number of para-hydroxylation sites is 1. The molecule has 0 heterocycles. The minimum absolute atomic E-state index is 0.0114. The minimum atomic E-state index is -0.0219. The zero-order chi connectivity index (χ0) is 19.8. The van der Waals surface area contributed by atoms with Crippen molar-refractivity contribution in [2.75, 3.05) is 18.0 Å². The lowest BCUT2D eigenvalue weighted by Crippen LogP contribution is -2.35. The van der Waals surface area contributed by atoms with Crippen LogP contribution in [0.25, 0.3) is 0 Å². The van der Waals surface area contributed by atoms with Gasteiger partial charge >= 0.3 is 0 Å². The van der Waals surface area contributed by atoms with Gasteiger partial charge < -0.3 is 10.2 Å². The number of nitrogens with one attached hydrogen (secondary N) is 1. The van der Waals surface area contributed by atoms with E-state index in [2.05, 4.69) is 31.3 Å². The van der Waals surface area contributed by atoms with Crippen LogP contribution < -0.4 is 10.2 Å². The van der Waals surface area contributed by atoms with Crippen LogP contribution in [0.1, 0.15) is 76.3 Å². The Kier molecular flexibility index (Phi) is 8.08. The van der Waals surface area contributed by atoms with Gasteiger partial charge in [0, 0.05) is 32.1 Å². The van der Waals surface area contributed by atoms with Gasteiger partial charge in [-0.25, -0.2) is 0 Å². The van der Waals surface area contributed by atoms with Crippen molar-refractivity contribution in [1.82, 2.24) is 5.32 Å². The zero-order valence-electron chi connectivity index (χ0n) is 17.3. The van der Waals surface area contributed by atoms with E-state index in [0.717, 1.165) is 23.2 Å². The first kappa shape index (κ1) is 21.2. The second-order valence-corrected chi connectivity index (χ2v) is 7.80. The molecule has 27 heavy (non-hydrogen) atoms. The quantitative estimate of drug-likeness (QED) is 0.664. The first-order valence-corrected chi connectivity index (χ1v) is 10.2. The second-order valence-electron chi connectivity index (χ2n) is 7.80. The molecule has 2 amide bonds. The lowest BCUT2D eigenvalue weighted by molar-refractivity contribution is -0.121. The van der Waals surface area contributed by atoms with Crippen LogP contribution in [0.15, 0.2) is 29.8 Å². The molecule has 0 fully saturated rings. The third kappa shape index (κ3) is 6.23. The highest BCUT2D eigenvalue weighted by atomic mass is 16.2. The van der Waals surface area contributed by atoms with Crippen LogP contribution in [0.2, 0.25) is 0 Å². The largest absolute Gasteiger partial charge is 0.356 e. The summed E-state index contributed by atoms with van der Waals surface area (Å²) in [5.74, 6) is 0.308. The molecule has 1 aliphatic rings. The van der Waals surface area contributed by atoms with Crippen LogP contribution in [0.5, 0.6) is 0 Å². The molecule has 2 rings (SSSR count). The smallest absolute Gasteiger partial charge is 0.223 e. The maximum atomic E-state index is 12.3. The number of hydrogen-bond donors (Lipinski definition) is 1. The van der Waals surface area contributed by atoms with Crippen molar-refractivity contribution in [3.8, 4) is 0 Å². The monoisotopic (exact) mass is 370 g/mol. The Morgan fingerprint density at radius 1 is 1.22 bits per heavy atom. The Morgan fingerprint density at radius 3 is 2.63 bits per heavy atom. The third-order valence-corrected chi connectivity index (χ3v) is 5.26. The summed E-state index contributed by atoms with van der Waals surface area (Å²) in [6, 6.07) is 6.12. The molecule has 0 radical (unpaired) electrons. The van der Waals surface area contributed by atoms with E-state index in [1.165, 1.54) is 31.3 Å². The average molecular weight is 371 g/mol. The lowest BCUT2D eigenvalue weighted by atomic mass is 9.97. The fourth-order valence-electron chi connectivity index (χ4n) is 3.74. The van der Waals surface area contributed by atoms with E-state index in [-0.39, 0.29) is 11.8 Å². The number of amides is 2. The van der Waals surface area contributed by atoms with Crippen LogP contribution in [-0.4, -0.2) is 24.9 Å². The summed E-state index contributed by atoms with van der Waals surface area (Å²) in [7, 11) is 0. The molecule has 1 N–H and O–H groups in total. The van der Waals surface area contributed by atoms with Crippen LogP contribution >= 0.6 is 0 Å². The summed E-state index contributed by atoms with van der Waals surface area (Å²) < 4.78 is 0. The summed E-state index contributed by atoms with van der Waals surface area (Å²) in [5.41, 5.74) is 4.64. The van der Waals surface area contributed by atoms with Gasteiger partial charge in [0.25, 0.3) is 0 Å². The fraction of sp³-hybridized carbons (Fsp3) is 0.565. The molecule has 0 saturated heterocycles. The first-order chi connectivity index (χ1) is 12.9. The Labute approximate surface area is 164 Å². The van der Waals surface area contributed by atoms with Crippen LogP contribution in [0.4, 0.5) is 5.69 Å². The van der Waals surface area contributed by atoms with E-state index in [4.69, 9.17) is 0 Å². The van der Waals surface area contributed by atoms with E-state index in [0.29, 0.717) is 25.4 Å².